The van der Waals surface area contributed by atoms with Crippen molar-refractivity contribution in [3.05, 3.63) is 0 Å². The summed E-state index contributed by atoms with van der Waals surface area (Å²) in [5.74, 6) is 0.443. The molecular weight excluding hydrogens is 193 g/mol. The molecule has 1 fully saturated rings. The van der Waals surface area contributed by atoms with Crippen LogP contribution >= 0.6 is 0 Å². The van der Waals surface area contributed by atoms with Crippen LogP contribution in [0.5, 0.6) is 0 Å². The van der Waals surface area contributed by atoms with Gasteiger partial charge in [0.1, 0.15) is 5.67 Å². The Morgan fingerprint density at radius 2 is 1.80 bits per heavy atom. The Balaban J connectivity index is 2.34. The smallest absolute Gasteiger partial charge is 0.123 e. The Bertz CT molecular complexity index is 174. The minimum absolute atomic E-state index is 0.288. The zero-order chi connectivity index (χ0) is 11.3. The molecule has 0 saturated carbocycles. The molecule has 1 saturated heterocycles. The molecule has 0 amide bonds. The van der Waals surface area contributed by atoms with Gasteiger partial charge in [-0.15, -0.1) is 0 Å². The van der Waals surface area contributed by atoms with Gasteiger partial charge in [-0.1, -0.05) is 13.8 Å². The van der Waals surface area contributed by atoms with E-state index >= 15 is 0 Å². The molecule has 0 aromatic rings. The lowest BCUT2D eigenvalue weighted by atomic mass is 9.94. The van der Waals surface area contributed by atoms with Crippen LogP contribution in [-0.4, -0.2) is 41.9 Å². The van der Waals surface area contributed by atoms with Gasteiger partial charge in [0.2, 0.25) is 0 Å². The third-order valence-corrected chi connectivity index (χ3v) is 3.74. The minimum atomic E-state index is -1.01. The van der Waals surface area contributed by atoms with Crippen molar-refractivity contribution in [1.82, 2.24) is 4.90 Å². The molecular formula is C12H24FNO. The van der Waals surface area contributed by atoms with Gasteiger partial charge in [-0.05, 0) is 44.7 Å². The van der Waals surface area contributed by atoms with Crippen LogP contribution in [0.15, 0.2) is 0 Å². The molecule has 0 bridgehead atoms. The second kappa shape index (κ2) is 5.80. The Morgan fingerprint density at radius 3 is 2.20 bits per heavy atom. The first-order valence-corrected chi connectivity index (χ1v) is 6.15. The number of hydrogen-bond acceptors (Lipinski definition) is 2. The molecule has 90 valence electrons. The summed E-state index contributed by atoms with van der Waals surface area (Å²) in [4.78, 5) is 2.21. The van der Waals surface area contributed by atoms with Crippen molar-refractivity contribution >= 4 is 0 Å². The first kappa shape index (κ1) is 12.9. The fourth-order valence-corrected chi connectivity index (χ4v) is 2.20. The molecule has 1 aliphatic rings. The van der Waals surface area contributed by atoms with Crippen molar-refractivity contribution in [3.8, 4) is 0 Å². The topological polar surface area (TPSA) is 23.5 Å². The maximum atomic E-state index is 14.1. The SMILES string of the molecule is CCC(F)(CC)CN1CCC(CO)CC1. The van der Waals surface area contributed by atoms with E-state index in [0.29, 0.717) is 25.3 Å². The van der Waals surface area contributed by atoms with Crippen molar-refractivity contribution in [2.45, 2.75) is 45.2 Å². The summed E-state index contributed by atoms with van der Waals surface area (Å²) in [6, 6.07) is 0. The van der Waals surface area contributed by atoms with Crippen molar-refractivity contribution < 1.29 is 9.50 Å². The van der Waals surface area contributed by atoms with E-state index in [-0.39, 0.29) is 6.61 Å². The van der Waals surface area contributed by atoms with Gasteiger partial charge in [-0.2, -0.15) is 0 Å². The summed E-state index contributed by atoms with van der Waals surface area (Å²) < 4.78 is 14.1. The zero-order valence-corrected chi connectivity index (χ0v) is 10.0. The number of rotatable bonds is 5. The largest absolute Gasteiger partial charge is 0.396 e. The van der Waals surface area contributed by atoms with Crippen LogP contribution in [0.1, 0.15) is 39.5 Å². The number of likely N-dealkylation sites (tertiary alicyclic amines) is 1. The summed E-state index contributed by atoms with van der Waals surface area (Å²) in [5.41, 5.74) is -1.01. The highest BCUT2D eigenvalue weighted by atomic mass is 19.1. The third kappa shape index (κ3) is 3.72. The third-order valence-electron chi connectivity index (χ3n) is 3.74. The van der Waals surface area contributed by atoms with Crippen LogP contribution < -0.4 is 0 Å². The second-order valence-electron chi connectivity index (χ2n) is 4.76. The Kier molecular flexibility index (Phi) is 5.00. The van der Waals surface area contributed by atoms with Gasteiger partial charge in [0.15, 0.2) is 0 Å². The molecule has 0 unspecified atom stereocenters. The second-order valence-corrected chi connectivity index (χ2v) is 4.76. The number of halogens is 1. The van der Waals surface area contributed by atoms with Crippen LogP contribution in [0.3, 0.4) is 0 Å². The Morgan fingerprint density at radius 1 is 1.27 bits per heavy atom. The number of nitrogens with zero attached hydrogens (tertiary/aromatic N) is 1. The van der Waals surface area contributed by atoms with Crippen molar-refractivity contribution in [2.75, 3.05) is 26.2 Å². The van der Waals surface area contributed by atoms with Crippen LogP contribution in [0.25, 0.3) is 0 Å². The van der Waals surface area contributed by atoms with E-state index in [1.54, 1.807) is 0 Å². The summed E-state index contributed by atoms with van der Waals surface area (Å²) in [6.45, 7) is 6.58. The van der Waals surface area contributed by atoms with E-state index in [2.05, 4.69) is 4.90 Å². The van der Waals surface area contributed by atoms with Crippen LogP contribution in [-0.2, 0) is 0 Å². The summed E-state index contributed by atoms with van der Waals surface area (Å²) in [5, 5.41) is 9.01. The molecule has 0 aliphatic carbocycles. The van der Waals surface area contributed by atoms with E-state index in [1.807, 2.05) is 13.8 Å². The maximum absolute atomic E-state index is 14.1. The zero-order valence-electron chi connectivity index (χ0n) is 10.0. The molecule has 1 N–H and O–H groups in total. The number of hydrogen-bond donors (Lipinski definition) is 1. The molecule has 2 nitrogen and oxygen atoms in total. The normalized spacial score (nSPS) is 20.8. The standard InChI is InChI=1S/C12H24FNO/c1-3-12(13,4-2)10-14-7-5-11(9-15)6-8-14/h11,15H,3-10H2,1-2H3. The molecule has 1 aliphatic heterocycles. The van der Waals surface area contributed by atoms with Crippen molar-refractivity contribution in [2.24, 2.45) is 5.92 Å². The quantitative estimate of drug-likeness (QED) is 0.763. The van der Waals surface area contributed by atoms with Gasteiger partial charge < -0.3 is 10.0 Å². The highest BCUT2D eigenvalue weighted by Crippen LogP contribution is 2.25. The average Bonchev–Trinajstić information content (AvgIpc) is 2.30. The van der Waals surface area contributed by atoms with Crippen LogP contribution in [0.4, 0.5) is 4.39 Å². The van der Waals surface area contributed by atoms with Crippen molar-refractivity contribution in [1.29, 1.82) is 0 Å². The molecule has 0 spiro atoms. The van der Waals surface area contributed by atoms with E-state index < -0.39 is 5.67 Å². The van der Waals surface area contributed by atoms with E-state index in [9.17, 15) is 4.39 Å². The van der Waals surface area contributed by atoms with Crippen molar-refractivity contribution in [3.63, 3.8) is 0 Å². The van der Waals surface area contributed by atoms with E-state index in [1.165, 1.54) is 0 Å². The molecule has 0 aromatic heterocycles. The van der Waals surface area contributed by atoms with Gasteiger partial charge in [-0.25, -0.2) is 4.39 Å². The lowest BCUT2D eigenvalue weighted by Gasteiger charge is -2.35. The monoisotopic (exact) mass is 217 g/mol. The highest BCUT2D eigenvalue weighted by molar-refractivity contribution is 4.82. The van der Waals surface area contributed by atoms with E-state index in [0.717, 1.165) is 25.9 Å². The molecule has 0 radical (unpaired) electrons. The lowest BCUT2D eigenvalue weighted by Crippen LogP contribution is -2.43. The maximum Gasteiger partial charge on any atom is 0.123 e. The number of aliphatic hydroxyl groups excluding tert-OH is 1. The van der Waals surface area contributed by atoms with Crippen LogP contribution in [0, 0.1) is 5.92 Å². The number of aliphatic hydroxyl groups is 1. The Labute approximate surface area is 92.5 Å². The summed E-state index contributed by atoms with van der Waals surface area (Å²) in [7, 11) is 0. The van der Waals surface area contributed by atoms with Crippen LogP contribution in [0.2, 0.25) is 0 Å². The predicted molar refractivity (Wildman–Crippen MR) is 60.7 cm³/mol. The fourth-order valence-electron chi connectivity index (χ4n) is 2.20. The fraction of sp³-hybridized carbons (Fsp3) is 1.00. The molecule has 1 heterocycles. The Hall–Kier alpha value is -0.150. The molecule has 0 atom stereocenters. The lowest BCUT2D eigenvalue weighted by molar-refractivity contribution is 0.0548. The molecule has 15 heavy (non-hydrogen) atoms. The van der Waals surface area contributed by atoms with E-state index in [4.69, 9.17) is 5.11 Å². The van der Waals surface area contributed by atoms with Gasteiger partial charge in [-0.3, -0.25) is 0 Å². The molecule has 0 aromatic carbocycles. The number of alkyl halides is 1. The average molecular weight is 217 g/mol. The van der Waals surface area contributed by atoms with Gasteiger partial charge in [0.05, 0.1) is 0 Å². The molecule has 3 heteroatoms. The molecule has 1 rings (SSSR count). The number of piperidine rings is 1. The first-order chi connectivity index (χ1) is 7.13. The summed E-state index contributed by atoms with van der Waals surface area (Å²) >= 11 is 0. The minimum Gasteiger partial charge on any atom is -0.396 e. The van der Waals surface area contributed by atoms with Gasteiger partial charge in [0, 0.05) is 13.2 Å². The first-order valence-electron chi connectivity index (χ1n) is 6.15. The summed E-state index contributed by atoms with van der Waals surface area (Å²) in [6.07, 6.45) is 3.23. The highest BCUT2D eigenvalue weighted by Gasteiger charge is 2.29. The van der Waals surface area contributed by atoms with Gasteiger partial charge >= 0.3 is 0 Å². The predicted octanol–water partition coefficient (Wildman–Crippen LogP) is 2.22. The van der Waals surface area contributed by atoms with Gasteiger partial charge in [0.25, 0.3) is 0 Å².